The number of hydrogen-bond donors (Lipinski definition) is 2. The van der Waals surface area contributed by atoms with E-state index in [1.54, 1.807) is 5.38 Å². The van der Waals surface area contributed by atoms with Crippen molar-refractivity contribution in [1.82, 2.24) is 4.98 Å². The number of nitrogen functional groups attached to an aromatic ring is 1. The summed E-state index contributed by atoms with van der Waals surface area (Å²) in [6.45, 7) is 0. The quantitative estimate of drug-likeness (QED) is 0.640. The molecule has 106 valence electrons. The Morgan fingerprint density at radius 3 is 2.75 bits per heavy atom. The second-order valence-electron chi connectivity index (χ2n) is 3.65. The molecular weight excluding hydrogens is 357 g/mol. The molecule has 0 aliphatic carbocycles. The molecule has 0 spiro atoms. The Hall–Kier alpha value is -1.61. The van der Waals surface area contributed by atoms with Gasteiger partial charge in [0.2, 0.25) is 5.13 Å². The van der Waals surface area contributed by atoms with Gasteiger partial charge in [0.1, 0.15) is 5.82 Å². The molecule has 1 aromatic heterocycles. The summed E-state index contributed by atoms with van der Waals surface area (Å²) in [5, 5.41) is 5.74. The Bertz CT molecular complexity index is 639. The molecule has 20 heavy (non-hydrogen) atoms. The minimum absolute atomic E-state index is 0.0348. The smallest absolute Gasteiger partial charge is 0.383 e. The molecule has 1 heterocycles. The lowest BCUT2D eigenvalue weighted by Crippen LogP contribution is -2.10. The van der Waals surface area contributed by atoms with E-state index in [9.17, 15) is 13.2 Å². The molecule has 2 rings (SSSR count). The van der Waals surface area contributed by atoms with Gasteiger partial charge in [0.25, 0.3) is 0 Å². The van der Waals surface area contributed by atoms with E-state index in [0.29, 0.717) is 10.9 Å². The lowest BCUT2D eigenvalue weighted by atomic mass is 10.1. The average molecular weight is 365 g/mol. The van der Waals surface area contributed by atoms with E-state index in [2.05, 4.69) is 31.4 Å². The number of halogens is 4. The molecule has 0 saturated heterocycles. The molecule has 0 amide bonds. The number of nitrogens with two attached hydrogens (primary N) is 1. The molecule has 4 nitrogen and oxygen atoms in total. The summed E-state index contributed by atoms with van der Waals surface area (Å²) in [5.74, 6) is 0.325. The Balaban J connectivity index is 2.23. The second-order valence-corrected chi connectivity index (χ2v) is 5.36. The highest BCUT2D eigenvalue weighted by Crippen LogP contribution is 2.36. The fraction of sp³-hybridized carbons (Fsp3) is 0.0909. The number of nitrogens with zero attached hydrogens (tertiary/aromatic N) is 2. The number of aromatic nitrogens is 1. The van der Waals surface area contributed by atoms with E-state index >= 15 is 0 Å². The Morgan fingerprint density at radius 2 is 2.15 bits per heavy atom. The number of thiazole rings is 1. The third-order valence-electron chi connectivity index (χ3n) is 2.22. The Labute approximate surface area is 124 Å². The summed E-state index contributed by atoms with van der Waals surface area (Å²) < 4.78 is 38.7. The van der Waals surface area contributed by atoms with Gasteiger partial charge in [-0.15, -0.1) is 11.3 Å². The van der Waals surface area contributed by atoms with Gasteiger partial charge in [-0.3, -0.25) is 5.43 Å². The van der Waals surface area contributed by atoms with Gasteiger partial charge >= 0.3 is 6.18 Å². The van der Waals surface area contributed by atoms with Crippen LogP contribution >= 0.6 is 27.3 Å². The fourth-order valence-electron chi connectivity index (χ4n) is 1.44. The summed E-state index contributed by atoms with van der Waals surface area (Å²) in [4.78, 5) is 3.87. The largest absolute Gasteiger partial charge is 0.418 e. The van der Waals surface area contributed by atoms with Crippen molar-refractivity contribution in [2.24, 2.45) is 5.10 Å². The van der Waals surface area contributed by atoms with Crippen molar-refractivity contribution in [3.8, 4) is 0 Å². The van der Waals surface area contributed by atoms with Crippen LogP contribution in [0.2, 0.25) is 0 Å². The van der Waals surface area contributed by atoms with Crippen LogP contribution in [0.5, 0.6) is 0 Å². The highest BCUT2D eigenvalue weighted by atomic mass is 79.9. The highest BCUT2D eigenvalue weighted by Gasteiger charge is 2.35. The maximum atomic E-state index is 12.9. The van der Waals surface area contributed by atoms with Crippen molar-refractivity contribution in [2.45, 2.75) is 6.18 Å². The van der Waals surface area contributed by atoms with Crippen LogP contribution in [-0.2, 0) is 6.18 Å². The third kappa shape index (κ3) is 3.48. The minimum Gasteiger partial charge on any atom is -0.383 e. The first-order valence-corrected chi connectivity index (χ1v) is 6.91. The first-order chi connectivity index (χ1) is 9.38. The number of rotatable bonds is 3. The number of hydrazone groups is 1. The van der Waals surface area contributed by atoms with Crippen LogP contribution in [0.15, 0.2) is 33.2 Å². The molecule has 0 aliphatic heterocycles. The Kier molecular flexibility index (Phi) is 4.29. The average Bonchev–Trinajstić information content (AvgIpc) is 2.73. The van der Waals surface area contributed by atoms with Crippen LogP contribution in [0, 0.1) is 0 Å². The first-order valence-electron chi connectivity index (χ1n) is 5.23. The molecular formula is C11H8BrF3N4S. The summed E-state index contributed by atoms with van der Waals surface area (Å²) in [6.07, 6.45) is -3.38. The molecule has 0 bridgehead atoms. The molecule has 0 aliphatic rings. The van der Waals surface area contributed by atoms with Crippen LogP contribution < -0.4 is 11.2 Å². The zero-order valence-corrected chi connectivity index (χ0v) is 12.2. The standard InChI is InChI=1S/C11H8BrF3N4S/c12-7-3-1-2-6(9(7)11(13,14)15)4-17-19-10-18-8(16)5-20-10/h1-5H,16H2,(H,18,19). The first kappa shape index (κ1) is 14.8. The van der Waals surface area contributed by atoms with Gasteiger partial charge in [-0.05, 0) is 6.07 Å². The van der Waals surface area contributed by atoms with Gasteiger partial charge in [0.15, 0.2) is 0 Å². The Morgan fingerprint density at radius 1 is 1.40 bits per heavy atom. The molecule has 3 N–H and O–H groups in total. The number of nitrogens with one attached hydrogen (secondary N) is 1. The number of benzene rings is 1. The molecule has 0 radical (unpaired) electrons. The molecule has 1 aromatic carbocycles. The third-order valence-corrected chi connectivity index (χ3v) is 3.64. The van der Waals surface area contributed by atoms with Gasteiger partial charge in [-0.25, -0.2) is 4.98 Å². The SMILES string of the molecule is Nc1csc(NN=Cc2cccc(Br)c2C(F)(F)F)n1. The fourth-order valence-corrected chi connectivity index (χ4v) is 2.60. The summed E-state index contributed by atoms with van der Waals surface area (Å²) in [6, 6.07) is 4.16. The lowest BCUT2D eigenvalue weighted by Gasteiger charge is -2.11. The van der Waals surface area contributed by atoms with Crippen molar-refractivity contribution >= 4 is 44.4 Å². The maximum absolute atomic E-state index is 12.9. The molecule has 9 heteroatoms. The van der Waals surface area contributed by atoms with E-state index in [1.807, 2.05) is 0 Å². The van der Waals surface area contributed by atoms with Crippen LogP contribution in [0.25, 0.3) is 0 Å². The van der Waals surface area contributed by atoms with Crippen molar-refractivity contribution in [1.29, 1.82) is 0 Å². The molecule has 0 atom stereocenters. The van der Waals surface area contributed by atoms with Crippen molar-refractivity contribution in [3.05, 3.63) is 39.2 Å². The lowest BCUT2D eigenvalue weighted by molar-refractivity contribution is -0.138. The van der Waals surface area contributed by atoms with Gasteiger partial charge in [-0.1, -0.05) is 28.1 Å². The second kappa shape index (κ2) is 5.80. The van der Waals surface area contributed by atoms with Gasteiger partial charge < -0.3 is 5.73 Å². The van der Waals surface area contributed by atoms with E-state index in [0.717, 1.165) is 6.21 Å². The monoisotopic (exact) mass is 364 g/mol. The zero-order chi connectivity index (χ0) is 14.8. The molecule has 0 unspecified atom stereocenters. The molecule has 2 aromatic rings. The topological polar surface area (TPSA) is 63.3 Å². The summed E-state index contributed by atoms with van der Waals surface area (Å²) >= 11 is 4.10. The van der Waals surface area contributed by atoms with Gasteiger partial charge in [-0.2, -0.15) is 18.3 Å². The van der Waals surface area contributed by atoms with Crippen LogP contribution in [-0.4, -0.2) is 11.2 Å². The molecule has 0 fully saturated rings. The zero-order valence-electron chi connectivity index (χ0n) is 9.78. The number of hydrogen-bond acceptors (Lipinski definition) is 5. The van der Waals surface area contributed by atoms with E-state index < -0.39 is 11.7 Å². The highest BCUT2D eigenvalue weighted by molar-refractivity contribution is 9.10. The van der Waals surface area contributed by atoms with E-state index in [4.69, 9.17) is 5.73 Å². The predicted octanol–water partition coefficient (Wildman–Crippen LogP) is 3.95. The van der Waals surface area contributed by atoms with Crippen LogP contribution in [0.3, 0.4) is 0 Å². The van der Waals surface area contributed by atoms with E-state index in [-0.39, 0.29) is 10.0 Å². The van der Waals surface area contributed by atoms with Crippen molar-refractivity contribution in [3.63, 3.8) is 0 Å². The van der Waals surface area contributed by atoms with E-state index in [1.165, 1.54) is 29.5 Å². The number of anilines is 2. The van der Waals surface area contributed by atoms with Gasteiger partial charge in [0, 0.05) is 15.4 Å². The predicted molar refractivity (Wildman–Crippen MR) is 76.9 cm³/mol. The maximum Gasteiger partial charge on any atom is 0.418 e. The van der Waals surface area contributed by atoms with Gasteiger partial charge in [0.05, 0.1) is 11.8 Å². The normalized spacial score (nSPS) is 12.0. The summed E-state index contributed by atoms with van der Waals surface area (Å²) in [7, 11) is 0. The summed E-state index contributed by atoms with van der Waals surface area (Å²) in [5.41, 5.74) is 7.12. The number of alkyl halides is 3. The van der Waals surface area contributed by atoms with Crippen molar-refractivity contribution in [2.75, 3.05) is 11.2 Å². The molecule has 0 saturated carbocycles. The van der Waals surface area contributed by atoms with Crippen LogP contribution in [0.4, 0.5) is 24.1 Å². The minimum atomic E-state index is -4.47. The van der Waals surface area contributed by atoms with Crippen LogP contribution in [0.1, 0.15) is 11.1 Å². The van der Waals surface area contributed by atoms with Crippen molar-refractivity contribution < 1.29 is 13.2 Å².